The highest BCUT2D eigenvalue weighted by Crippen LogP contribution is 2.23. The molecule has 1 N–H and O–H groups in total. The molecule has 0 radical (unpaired) electrons. The van der Waals surface area contributed by atoms with E-state index in [2.05, 4.69) is 60.2 Å². The van der Waals surface area contributed by atoms with Crippen LogP contribution in [0.25, 0.3) is 0 Å². The third-order valence-corrected chi connectivity index (χ3v) is 4.11. The van der Waals surface area contributed by atoms with Crippen molar-refractivity contribution in [2.24, 2.45) is 0 Å². The summed E-state index contributed by atoms with van der Waals surface area (Å²) in [4.78, 5) is 8.11. The van der Waals surface area contributed by atoms with Crippen molar-refractivity contribution in [1.82, 2.24) is 4.98 Å². The van der Waals surface area contributed by atoms with Crippen molar-refractivity contribution in [2.45, 2.75) is 33.7 Å². The maximum absolute atomic E-state index is 4.43. The maximum atomic E-state index is 4.43. The van der Waals surface area contributed by atoms with Crippen LogP contribution in [-0.4, -0.2) is 18.1 Å². The highest BCUT2D eigenvalue weighted by atomic mass is 32.1. The van der Waals surface area contributed by atoms with Gasteiger partial charge >= 0.3 is 0 Å². The number of anilines is 2. The monoisotopic (exact) mass is 289 g/mol. The van der Waals surface area contributed by atoms with E-state index in [-0.39, 0.29) is 0 Å². The SMILES string of the molecule is CCCNc1ncc(CN(CC)c2cccc(C)c2)s1. The van der Waals surface area contributed by atoms with Crippen LogP contribution in [0.1, 0.15) is 30.7 Å². The van der Waals surface area contributed by atoms with Gasteiger partial charge in [-0.05, 0) is 38.0 Å². The number of aromatic nitrogens is 1. The summed E-state index contributed by atoms with van der Waals surface area (Å²) in [5, 5.41) is 4.37. The minimum Gasteiger partial charge on any atom is -0.367 e. The van der Waals surface area contributed by atoms with E-state index in [0.717, 1.165) is 31.2 Å². The van der Waals surface area contributed by atoms with E-state index in [4.69, 9.17) is 0 Å². The number of aryl methyl sites for hydroxylation is 1. The fraction of sp³-hybridized carbons (Fsp3) is 0.438. The van der Waals surface area contributed by atoms with Gasteiger partial charge < -0.3 is 10.2 Å². The fourth-order valence-corrected chi connectivity index (χ4v) is 2.95. The highest BCUT2D eigenvalue weighted by molar-refractivity contribution is 7.15. The minimum atomic E-state index is 0.922. The summed E-state index contributed by atoms with van der Waals surface area (Å²) in [6.07, 6.45) is 3.11. The summed E-state index contributed by atoms with van der Waals surface area (Å²) in [7, 11) is 0. The standard InChI is InChI=1S/C16H23N3S/c1-4-9-17-16-18-11-15(20-16)12-19(5-2)14-8-6-7-13(3)10-14/h6-8,10-11H,4-5,9,12H2,1-3H3,(H,17,18). The molecule has 2 aromatic rings. The maximum Gasteiger partial charge on any atom is 0.182 e. The third-order valence-electron chi connectivity index (χ3n) is 3.18. The van der Waals surface area contributed by atoms with Crippen LogP contribution in [0.15, 0.2) is 30.5 Å². The van der Waals surface area contributed by atoms with Gasteiger partial charge in [0.25, 0.3) is 0 Å². The highest BCUT2D eigenvalue weighted by Gasteiger charge is 2.08. The Morgan fingerprint density at radius 2 is 2.15 bits per heavy atom. The average Bonchev–Trinajstić information content (AvgIpc) is 2.90. The van der Waals surface area contributed by atoms with Crippen molar-refractivity contribution in [3.05, 3.63) is 40.9 Å². The van der Waals surface area contributed by atoms with Crippen molar-refractivity contribution in [3.8, 4) is 0 Å². The summed E-state index contributed by atoms with van der Waals surface area (Å²) < 4.78 is 0. The van der Waals surface area contributed by atoms with Crippen LogP contribution in [0.4, 0.5) is 10.8 Å². The summed E-state index contributed by atoms with van der Waals surface area (Å²) in [5.74, 6) is 0. The summed E-state index contributed by atoms with van der Waals surface area (Å²) in [5.41, 5.74) is 2.58. The molecule has 1 heterocycles. The number of thiazole rings is 1. The molecule has 0 aliphatic heterocycles. The van der Waals surface area contributed by atoms with Crippen LogP contribution in [0, 0.1) is 6.92 Å². The third kappa shape index (κ3) is 3.97. The predicted octanol–water partition coefficient (Wildman–Crippen LogP) is 4.30. The zero-order chi connectivity index (χ0) is 14.4. The Hall–Kier alpha value is -1.55. The number of hydrogen-bond acceptors (Lipinski definition) is 4. The lowest BCUT2D eigenvalue weighted by molar-refractivity contribution is 0.840. The molecule has 0 atom stereocenters. The second-order valence-corrected chi connectivity index (χ2v) is 6.03. The van der Waals surface area contributed by atoms with Crippen LogP contribution in [0.2, 0.25) is 0 Å². The topological polar surface area (TPSA) is 28.2 Å². The Morgan fingerprint density at radius 1 is 1.30 bits per heavy atom. The molecule has 2 rings (SSSR count). The molecule has 0 aliphatic carbocycles. The Kier molecular flexibility index (Phi) is 5.41. The van der Waals surface area contributed by atoms with Crippen molar-refractivity contribution in [2.75, 3.05) is 23.3 Å². The molecule has 0 unspecified atom stereocenters. The molecule has 3 nitrogen and oxygen atoms in total. The van der Waals surface area contributed by atoms with E-state index in [1.807, 2.05) is 6.20 Å². The van der Waals surface area contributed by atoms with E-state index in [9.17, 15) is 0 Å². The second kappa shape index (κ2) is 7.29. The molecule has 0 amide bonds. The lowest BCUT2D eigenvalue weighted by atomic mass is 10.2. The summed E-state index contributed by atoms with van der Waals surface area (Å²) >= 11 is 1.75. The number of nitrogens with zero attached hydrogens (tertiary/aromatic N) is 2. The zero-order valence-electron chi connectivity index (χ0n) is 12.5. The lowest BCUT2D eigenvalue weighted by Gasteiger charge is -2.22. The van der Waals surface area contributed by atoms with Crippen molar-refractivity contribution < 1.29 is 0 Å². The molecule has 0 bridgehead atoms. The van der Waals surface area contributed by atoms with E-state index in [1.165, 1.54) is 16.1 Å². The van der Waals surface area contributed by atoms with Gasteiger partial charge in [0.1, 0.15) is 0 Å². The second-order valence-electron chi connectivity index (χ2n) is 4.91. The van der Waals surface area contributed by atoms with Gasteiger partial charge in [-0.3, -0.25) is 0 Å². The normalized spacial score (nSPS) is 10.6. The van der Waals surface area contributed by atoms with E-state index < -0.39 is 0 Å². The van der Waals surface area contributed by atoms with Crippen LogP contribution < -0.4 is 10.2 Å². The molecule has 0 saturated heterocycles. The first kappa shape index (κ1) is 14.9. The van der Waals surface area contributed by atoms with Gasteiger partial charge in [0.2, 0.25) is 0 Å². The molecule has 108 valence electrons. The Bertz CT molecular complexity index is 536. The molecule has 0 fully saturated rings. The largest absolute Gasteiger partial charge is 0.367 e. The Morgan fingerprint density at radius 3 is 2.85 bits per heavy atom. The molecule has 20 heavy (non-hydrogen) atoms. The molecule has 0 saturated carbocycles. The van der Waals surface area contributed by atoms with Gasteiger partial charge in [-0.1, -0.05) is 19.1 Å². The first-order chi connectivity index (χ1) is 9.72. The molecule has 1 aromatic heterocycles. The molecule has 0 spiro atoms. The Balaban J connectivity index is 2.04. The average molecular weight is 289 g/mol. The smallest absolute Gasteiger partial charge is 0.182 e. The molecule has 1 aromatic carbocycles. The number of hydrogen-bond donors (Lipinski definition) is 1. The van der Waals surface area contributed by atoms with Gasteiger partial charge in [-0.15, -0.1) is 11.3 Å². The Labute approximate surface area is 125 Å². The van der Waals surface area contributed by atoms with E-state index in [0.29, 0.717) is 0 Å². The summed E-state index contributed by atoms with van der Waals surface area (Å²) in [6, 6.07) is 8.67. The van der Waals surface area contributed by atoms with Gasteiger partial charge in [0.15, 0.2) is 5.13 Å². The molecule has 4 heteroatoms. The van der Waals surface area contributed by atoms with Crippen LogP contribution >= 0.6 is 11.3 Å². The van der Waals surface area contributed by atoms with Gasteiger partial charge in [0.05, 0.1) is 6.54 Å². The quantitative estimate of drug-likeness (QED) is 0.823. The van der Waals surface area contributed by atoms with Gasteiger partial charge in [-0.2, -0.15) is 0 Å². The fourth-order valence-electron chi connectivity index (χ4n) is 2.09. The number of benzene rings is 1. The van der Waals surface area contributed by atoms with Gasteiger partial charge in [0, 0.05) is 29.9 Å². The first-order valence-corrected chi connectivity index (χ1v) is 8.04. The van der Waals surface area contributed by atoms with Crippen molar-refractivity contribution in [1.29, 1.82) is 0 Å². The molecular formula is C16H23N3S. The van der Waals surface area contributed by atoms with Crippen LogP contribution in [0.5, 0.6) is 0 Å². The predicted molar refractivity (Wildman–Crippen MR) is 88.8 cm³/mol. The number of rotatable bonds is 7. The van der Waals surface area contributed by atoms with Crippen LogP contribution in [0.3, 0.4) is 0 Å². The zero-order valence-corrected chi connectivity index (χ0v) is 13.3. The van der Waals surface area contributed by atoms with E-state index in [1.54, 1.807) is 11.3 Å². The van der Waals surface area contributed by atoms with E-state index >= 15 is 0 Å². The number of nitrogens with one attached hydrogen (secondary N) is 1. The molecular weight excluding hydrogens is 266 g/mol. The lowest BCUT2D eigenvalue weighted by Crippen LogP contribution is -2.21. The van der Waals surface area contributed by atoms with Crippen molar-refractivity contribution >= 4 is 22.2 Å². The summed E-state index contributed by atoms with van der Waals surface area (Å²) in [6.45, 7) is 9.40. The molecule has 0 aliphatic rings. The van der Waals surface area contributed by atoms with Crippen LogP contribution in [-0.2, 0) is 6.54 Å². The first-order valence-electron chi connectivity index (χ1n) is 7.23. The minimum absolute atomic E-state index is 0.922. The van der Waals surface area contributed by atoms with Crippen molar-refractivity contribution in [3.63, 3.8) is 0 Å². The van der Waals surface area contributed by atoms with Gasteiger partial charge in [-0.25, -0.2) is 4.98 Å².